The van der Waals surface area contributed by atoms with Crippen LogP contribution in [0.5, 0.6) is 0 Å². The molecule has 2 aliphatic heterocycles. The maximum atomic E-state index is 12.3. The predicted octanol–water partition coefficient (Wildman–Crippen LogP) is 2.51. The van der Waals surface area contributed by atoms with E-state index in [9.17, 15) is 4.79 Å². The molecule has 2 aliphatic rings. The Balaban J connectivity index is 1.82. The van der Waals surface area contributed by atoms with Gasteiger partial charge in [0.15, 0.2) is 0 Å². The number of carbonyl (C=O) groups excluding carboxylic acids is 1. The molecule has 1 atom stereocenters. The van der Waals surface area contributed by atoms with Gasteiger partial charge in [0.2, 0.25) is 5.91 Å². The van der Waals surface area contributed by atoms with Crippen molar-refractivity contribution >= 4 is 5.91 Å². The fourth-order valence-corrected chi connectivity index (χ4v) is 3.26. The number of amides is 1. The minimum atomic E-state index is 0.363. The summed E-state index contributed by atoms with van der Waals surface area (Å²) in [6, 6.07) is 0.645. The molecule has 0 aliphatic carbocycles. The van der Waals surface area contributed by atoms with Gasteiger partial charge in [0, 0.05) is 19.1 Å². The molecule has 0 saturated carbocycles. The summed E-state index contributed by atoms with van der Waals surface area (Å²) in [6.07, 6.45) is 7.43. The number of piperidine rings is 2. The van der Waals surface area contributed by atoms with E-state index in [4.69, 9.17) is 0 Å². The van der Waals surface area contributed by atoms with Crippen molar-refractivity contribution in [3.63, 3.8) is 0 Å². The van der Waals surface area contributed by atoms with Gasteiger partial charge in [-0.15, -0.1) is 0 Å². The zero-order valence-corrected chi connectivity index (χ0v) is 12.0. The third-order valence-electron chi connectivity index (χ3n) is 4.70. The summed E-state index contributed by atoms with van der Waals surface area (Å²) in [5, 5.41) is 0. The van der Waals surface area contributed by atoms with Gasteiger partial charge in [-0.05, 0) is 44.6 Å². The van der Waals surface area contributed by atoms with Gasteiger partial charge in [0.05, 0.1) is 6.54 Å². The van der Waals surface area contributed by atoms with E-state index in [-0.39, 0.29) is 0 Å². The Bertz CT molecular complexity index is 272. The van der Waals surface area contributed by atoms with E-state index < -0.39 is 0 Å². The summed E-state index contributed by atoms with van der Waals surface area (Å²) in [5.41, 5.74) is 0. The number of hydrogen-bond acceptors (Lipinski definition) is 2. The first-order valence-electron chi connectivity index (χ1n) is 7.72. The van der Waals surface area contributed by atoms with Crippen molar-refractivity contribution in [3.05, 3.63) is 0 Å². The lowest BCUT2D eigenvalue weighted by molar-refractivity contribution is -0.134. The Kier molecular flexibility index (Phi) is 5.04. The molecule has 2 rings (SSSR count). The Morgan fingerprint density at radius 2 is 1.83 bits per heavy atom. The Hall–Kier alpha value is -0.570. The normalized spacial score (nSPS) is 27.4. The molecule has 0 aromatic heterocycles. The zero-order chi connectivity index (χ0) is 13.0. The highest BCUT2D eigenvalue weighted by molar-refractivity contribution is 5.78. The molecule has 3 nitrogen and oxygen atoms in total. The van der Waals surface area contributed by atoms with Crippen molar-refractivity contribution in [3.8, 4) is 0 Å². The van der Waals surface area contributed by atoms with Crippen LogP contribution < -0.4 is 0 Å². The largest absolute Gasteiger partial charge is 0.342 e. The monoisotopic (exact) mass is 252 g/mol. The highest BCUT2D eigenvalue weighted by atomic mass is 16.2. The van der Waals surface area contributed by atoms with E-state index in [1.807, 2.05) is 0 Å². The molecule has 2 heterocycles. The fourth-order valence-electron chi connectivity index (χ4n) is 3.26. The van der Waals surface area contributed by atoms with Crippen LogP contribution >= 0.6 is 0 Å². The van der Waals surface area contributed by atoms with Crippen LogP contribution in [0.4, 0.5) is 0 Å². The molecule has 0 bridgehead atoms. The SMILES string of the molecule is CCC1CCCCN1CC(=O)N1CCC(C)CC1. The van der Waals surface area contributed by atoms with E-state index in [0.29, 0.717) is 18.5 Å². The van der Waals surface area contributed by atoms with Crippen LogP contribution in [0.3, 0.4) is 0 Å². The summed E-state index contributed by atoms with van der Waals surface area (Å²) in [6.45, 7) is 8.27. The summed E-state index contributed by atoms with van der Waals surface area (Å²) >= 11 is 0. The van der Waals surface area contributed by atoms with Crippen LogP contribution in [0.1, 0.15) is 52.4 Å². The molecular formula is C15H28N2O. The summed E-state index contributed by atoms with van der Waals surface area (Å²) in [7, 11) is 0. The standard InChI is InChI=1S/C15H28N2O/c1-3-14-6-4-5-9-17(14)12-15(18)16-10-7-13(2)8-11-16/h13-14H,3-12H2,1-2H3. The Labute approximate surface area is 112 Å². The lowest BCUT2D eigenvalue weighted by Gasteiger charge is -2.37. The van der Waals surface area contributed by atoms with Crippen LogP contribution in [-0.2, 0) is 4.79 Å². The maximum absolute atomic E-state index is 12.3. The second-order valence-corrected chi connectivity index (χ2v) is 6.09. The van der Waals surface area contributed by atoms with Crippen LogP contribution in [0, 0.1) is 5.92 Å². The van der Waals surface area contributed by atoms with Gasteiger partial charge >= 0.3 is 0 Å². The molecular weight excluding hydrogens is 224 g/mol. The first kappa shape index (κ1) is 13.9. The Morgan fingerprint density at radius 3 is 2.50 bits per heavy atom. The second-order valence-electron chi connectivity index (χ2n) is 6.09. The number of hydrogen-bond donors (Lipinski definition) is 0. The minimum absolute atomic E-state index is 0.363. The topological polar surface area (TPSA) is 23.6 Å². The van der Waals surface area contributed by atoms with Crippen molar-refractivity contribution in [1.29, 1.82) is 0 Å². The molecule has 3 heteroatoms. The lowest BCUT2D eigenvalue weighted by Crippen LogP contribution is -2.48. The average molecular weight is 252 g/mol. The molecule has 0 spiro atoms. The zero-order valence-electron chi connectivity index (χ0n) is 12.0. The summed E-state index contributed by atoms with van der Waals surface area (Å²) in [4.78, 5) is 16.8. The van der Waals surface area contributed by atoms with Crippen molar-refractivity contribution < 1.29 is 4.79 Å². The quantitative estimate of drug-likeness (QED) is 0.770. The Morgan fingerprint density at radius 1 is 1.11 bits per heavy atom. The number of rotatable bonds is 3. The third-order valence-corrected chi connectivity index (χ3v) is 4.70. The van der Waals surface area contributed by atoms with Crippen LogP contribution in [-0.4, -0.2) is 47.9 Å². The van der Waals surface area contributed by atoms with Crippen LogP contribution in [0.2, 0.25) is 0 Å². The van der Waals surface area contributed by atoms with Gasteiger partial charge in [-0.2, -0.15) is 0 Å². The van der Waals surface area contributed by atoms with E-state index in [2.05, 4.69) is 23.6 Å². The number of carbonyl (C=O) groups is 1. The van der Waals surface area contributed by atoms with Gasteiger partial charge in [-0.1, -0.05) is 20.3 Å². The van der Waals surface area contributed by atoms with Crippen molar-refractivity contribution in [2.45, 2.75) is 58.4 Å². The molecule has 104 valence electrons. The minimum Gasteiger partial charge on any atom is -0.342 e. The highest BCUT2D eigenvalue weighted by Crippen LogP contribution is 2.20. The van der Waals surface area contributed by atoms with E-state index >= 15 is 0 Å². The molecule has 2 fully saturated rings. The van der Waals surface area contributed by atoms with E-state index in [1.54, 1.807) is 0 Å². The molecule has 2 saturated heterocycles. The van der Waals surface area contributed by atoms with Crippen LogP contribution in [0.25, 0.3) is 0 Å². The molecule has 0 aromatic rings. The van der Waals surface area contributed by atoms with Gasteiger partial charge in [0.25, 0.3) is 0 Å². The first-order valence-corrected chi connectivity index (χ1v) is 7.72. The van der Waals surface area contributed by atoms with Gasteiger partial charge in [-0.3, -0.25) is 9.69 Å². The van der Waals surface area contributed by atoms with Crippen molar-refractivity contribution in [1.82, 2.24) is 9.80 Å². The smallest absolute Gasteiger partial charge is 0.236 e. The summed E-state index contributed by atoms with van der Waals surface area (Å²) < 4.78 is 0. The molecule has 18 heavy (non-hydrogen) atoms. The fraction of sp³-hybridized carbons (Fsp3) is 0.933. The van der Waals surface area contributed by atoms with Gasteiger partial charge in [0.1, 0.15) is 0 Å². The predicted molar refractivity (Wildman–Crippen MR) is 74.5 cm³/mol. The van der Waals surface area contributed by atoms with Crippen molar-refractivity contribution in [2.75, 3.05) is 26.2 Å². The third kappa shape index (κ3) is 3.47. The second kappa shape index (κ2) is 6.55. The van der Waals surface area contributed by atoms with Gasteiger partial charge < -0.3 is 4.90 Å². The van der Waals surface area contributed by atoms with Crippen molar-refractivity contribution in [2.24, 2.45) is 5.92 Å². The molecule has 0 N–H and O–H groups in total. The molecule has 1 amide bonds. The highest BCUT2D eigenvalue weighted by Gasteiger charge is 2.26. The average Bonchev–Trinajstić information content (AvgIpc) is 2.40. The maximum Gasteiger partial charge on any atom is 0.236 e. The van der Waals surface area contributed by atoms with Crippen LogP contribution in [0.15, 0.2) is 0 Å². The van der Waals surface area contributed by atoms with E-state index in [1.165, 1.54) is 38.5 Å². The molecule has 0 radical (unpaired) electrons. The van der Waals surface area contributed by atoms with E-state index in [0.717, 1.165) is 25.6 Å². The van der Waals surface area contributed by atoms with Gasteiger partial charge in [-0.25, -0.2) is 0 Å². The lowest BCUT2D eigenvalue weighted by atomic mass is 9.98. The molecule has 1 unspecified atom stereocenters. The number of likely N-dealkylation sites (tertiary alicyclic amines) is 2. The first-order chi connectivity index (χ1) is 8.70. The number of nitrogens with zero attached hydrogens (tertiary/aromatic N) is 2. The molecule has 0 aromatic carbocycles. The summed E-state index contributed by atoms with van der Waals surface area (Å²) in [5.74, 6) is 1.16.